The monoisotopic (exact) mass is 238 g/mol. The molecule has 0 atom stereocenters. The van der Waals surface area contributed by atoms with E-state index in [2.05, 4.69) is 55.4 Å². The summed E-state index contributed by atoms with van der Waals surface area (Å²) in [4.78, 5) is 0. The van der Waals surface area contributed by atoms with Gasteiger partial charge in [0.05, 0.1) is 0 Å². The average molecular weight is 238 g/mol. The van der Waals surface area contributed by atoms with Gasteiger partial charge in [-0.25, -0.2) is 0 Å². The maximum Gasteiger partial charge on any atom is 0.135 e. The van der Waals surface area contributed by atoms with Crippen LogP contribution in [0.15, 0.2) is 0 Å². The van der Waals surface area contributed by atoms with Crippen molar-refractivity contribution in [2.24, 2.45) is 5.41 Å². The van der Waals surface area contributed by atoms with E-state index in [0.29, 0.717) is 16.0 Å². The molecule has 1 heteroatoms. The molecular formula is C16H35B. The van der Waals surface area contributed by atoms with Gasteiger partial charge < -0.3 is 0 Å². The Labute approximate surface area is 111 Å². The summed E-state index contributed by atoms with van der Waals surface area (Å²) in [5.41, 5.74) is 0.460. The summed E-state index contributed by atoms with van der Waals surface area (Å²) in [6.07, 6.45) is 6.55. The molecule has 0 amide bonds. The Morgan fingerprint density at radius 2 is 1.06 bits per heavy atom. The van der Waals surface area contributed by atoms with E-state index in [4.69, 9.17) is 0 Å². The summed E-state index contributed by atoms with van der Waals surface area (Å²) < 4.78 is 0. The molecule has 0 aromatic heterocycles. The lowest BCUT2D eigenvalue weighted by Crippen LogP contribution is -2.40. The number of hydrogen-bond acceptors (Lipinski definition) is 0. The zero-order valence-corrected chi connectivity index (χ0v) is 13.7. The van der Waals surface area contributed by atoms with Gasteiger partial charge in [0, 0.05) is 0 Å². The number of hydrogen-bond donors (Lipinski definition) is 0. The third-order valence-corrected chi connectivity index (χ3v) is 6.15. The fourth-order valence-electron chi connectivity index (χ4n) is 3.39. The molecule has 0 rings (SSSR count). The molecule has 0 bridgehead atoms. The molecule has 0 radical (unpaired) electrons. The Bertz CT molecular complexity index is 210. The normalized spacial score (nSPS) is 13.9. The third-order valence-electron chi connectivity index (χ3n) is 6.15. The first-order valence-electron chi connectivity index (χ1n) is 7.76. The standard InChI is InChI=1S/C16H35B/c1-9-14(6,7)16(12-4,13-5)17-15(8,10-2)11-3/h17H,9-13H2,1-8H3. The molecule has 0 spiro atoms. The first-order valence-corrected chi connectivity index (χ1v) is 7.76. The highest BCUT2D eigenvalue weighted by Gasteiger charge is 2.45. The molecular weight excluding hydrogens is 203 g/mol. The summed E-state index contributed by atoms with van der Waals surface area (Å²) in [5, 5.41) is 1.04. The van der Waals surface area contributed by atoms with Crippen LogP contribution in [0.5, 0.6) is 0 Å². The lowest BCUT2D eigenvalue weighted by atomic mass is 9.31. The van der Waals surface area contributed by atoms with Crippen molar-refractivity contribution in [3.05, 3.63) is 0 Å². The first-order chi connectivity index (χ1) is 7.76. The second kappa shape index (κ2) is 6.30. The molecule has 0 aromatic rings. The molecule has 0 aromatic carbocycles. The second-order valence-electron chi connectivity index (χ2n) is 6.92. The molecule has 0 unspecified atom stereocenters. The van der Waals surface area contributed by atoms with Crippen LogP contribution in [0.1, 0.15) is 87.5 Å². The Hall–Kier alpha value is 0.0649. The minimum Gasteiger partial charge on any atom is -0.0666 e. The SMILES string of the molecule is CCC(C)(BC(CC)(CC)C(C)(C)CC)CC. The minimum absolute atomic E-state index is 0.460. The molecule has 0 aliphatic rings. The molecule has 17 heavy (non-hydrogen) atoms. The number of rotatable bonds is 8. The highest BCUT2D eigenvalue weighted by molar-refractivity contribution is 6.44. The molecule has 0 saturated heterocycles. The van der Waals surface area contributed by atoms with Crippen LogP contribution < -0.4 is 0 Å². The minimum atomic E-state index is 0.460. The lowest BCUT2D eigenvalue weighted by Gasteiger charge is -2.50. The van der Waals surface area contributed by atoms with Crippen molar-refractivity contribution >= 4 is 7.28 Å². The predicted octanol–water partition coefficient (Wildman–Crippen LogP) is 5.84. The highest BCUT2D eigenvalue weighted by atomic mass is 14.4. The van der Waals surface area contributed by atoms with E-state index in [1.807, 2.05) is 0 Å². The van der Waals surface area contributed by atoms with Gasteiger partial charge in [0.15, 0.2) is 0 Å². The largest absolute Gasteiger partial charge is 0.135 e. The van der Waals surface area contributed by atoms with Gasteiger partial charge >= 0.3 is 0 Å². The van der Waals surface area contributed by atoms with Gasteiger partial charge in [-0.1, -0.05) is 92.8 Å². The van der Waals surface area contributed by atoms with Gasteiger partial charge in [0.1, 0.15) is 7.28 Å². The van der Waals surface area contributed by atoms with E-state index >= 15 is 0 Å². The summed E-state index contributed by atoms with van der Waals surface area (Å²) >= 11 is 0. The van der Waals surface area contributed by atoms with Crippen molar-refractivity contribution in [1.29, 1.82) is 0 Å². The zero-order chi connectivity index (χ0) is 13.7. The smallest absolute Gasteiger partial charge is 0.0666 e. The van der Waals surface area contributed by atoms with Crippen molar-refractivity contribution < 1.29 is 0 Å². The van der Waals surface area contributed by atoms with Crippen LogP contribution in [-0.2, 0) is 0 Å². The Morgan fingerprint density at radius 1 is 0.647 bits per heavy atom. The molecule has 0 saturated carbocycles. The summed E-state index contributed by atoms with van der Waals surface area (Å²) in [5.74, 6) is 0. The van der Waals surface area contributed by atoms with Crippen LogP contribution in [-0.4, -0.2) is 7.28 Å². The Balaban J connectivity index is 5.23. The van der Waals surface area contributed by atoms with E-state index in [1.165, 1.54) is 39.4 Å². The van der Waals surface area contributed by atoms with E-state index < -0.39 is 0 Å². The van der Waals surface area contributed by atoms with E-state index in [9.17, 15) is 0 Å². The van der Waals surface area contributed by atoms with Crippen molar-refractivity contribution in [1.82, 2.24) is 0 Å². The highest BCUT2D eigenvalue weighted by Crippen LogP contribution is 2.57. The topological polar surface area (TPSA) is 0 Å². The third kappa shape index (κ3) is 3.52. The van der Waals surface area contributed by atoms with Crippen molar-refractivity contribution in [3.63, 3.8) is 0 Å². The molecule has 0 N–H and O–H groups in total. The lowest BCUT2D eigenvalue weighted by molar-refractivity contribution is 0.201. The Kier molecular flexibility index (Phi) is 6.32. The van der Waals surface area contributed by atoms with Gasteiger partial charge in [-0.2, -0.15) is 0 Å². The summed E-state index contributed by atoms with van der Waals surface area (Å²) in [6.45, 7) is 19.3. The van der Waals surface area contributed by atoms with Gasteiger partial charge in [-0.05, 0) is 10.7 Å². The maximum absolute atomic E-state index is 2.48. The maximum atomic E-state index is 2.48. The summed E-state index contributed by atoms with van der Waals surface area (Å²) in [6, 6.07) is 0. The fourth-order valence-corrected chi connectivity index (χ4v) is 3.39. The predicted molar refractivity (Wildman–Crippen MR) is 83.4 cm³/mol. The van der Waals surface area contributed by atoms with Crippen LogP contribution in [0.25, 0.3) is 0 Å². The van der Waals surface area contributed by atoms with Crippen LogP contribution in [0.2, 0.25) is 10.6 Å². The quantitative estimate of drug-likeness (QED) is 0.466. The summed E-state index contributed by atoms with van der Waals surface area (Å²) in [7, 11) is 1.39. The fraction of sp³-hybridized carbons (Fsp3) is 1.00. The van der Waals surface area contributed by atoms with Crippen LogP contribution in [0.4, 0.5) is 0 Å². The van der Waals surface area contributed by atoms with Gasteiger partial charge in [0.25, 0.3) is 0 Å². The average Bonchev–Trinajstić information content (AvgIpc) is 2.35. The van der Waals surface area contributed by atoms with Crippen molar-refractivity contribution in [2.75, 3.05) is 0 Å². The van der Waals surface area contributed by atoms with Crippen LogP contribution in [0, 0.1) is 5.41 Å². The second-order valence-corrected chi connectivity index (χ2v) is 6.92. The van der Waals surface area contributed by atoms with Crippen LogP contribution in [0.3, 0.4) is 0 Å². The molecule has 0 fully saturated rings. The zero-order valence-electron chi connectivity index (χ0n) is 13.7. The van der Waals surface area contributed by atoms with E-state index in [1.54, 1.807) is 0 Å². The molecule has 102 valence electrons. The molecule has 0 aliphatic carbocycles. The molecule has 0 aliphatic heterocycles. The van der Waals surface area contributed by atoms with Crippen molar-refractivity contribution in [3.8, 4) is 0 Å². The van der Waals surface area contributed by atoms with E-state index in [0.717, 1.165) is 0 Å². The molecule has 0 heterocycles. The van der Waals surface area contributed by atoms with Crippen molar-refractivity contribution in [2.45, 2.75) is 98.1 Å². The first kappa shape index (κ1) is 17.1. The van der Waals surface area contributed by atoms with Gasteiger partial charge in [0.2, 0.25) is 0 Å². The van der Waals surface area contributed by atoms with Gasteiger partial charge in [-0.15, -0.1) is 0 Å². The van der Waals surface area contributed by atoms with Crippen LogP contribution >= 0.6 is 0 Å². The van der Waals surface area contributed by atoms with Gasteiger partial charge in [-0.3, -0.25) is 0 Å². The van der Waals surface area contributed by atoms with E-state index in [-0.39, 0.29) is 0 Å². The molecule has 0 nitrogen and oxygen atoms in total. The Morgan fingerprint density at radius 3 is 1.29 bits per heavy atom.